The highest BCUT2D eigenvalue weighted by Crippen LogP contribution is 2.61. The van der Waals surface area contributed by atoms with Crippen molar-refractivity contribution in [3.8, 4) is 111 Å². The van der Waals surface area contributed by atoms with Crippen LogP contribution in [0.1, 0.15) is 0 Å². The van der Waals surface area contributed by atoms with Gasteiger partial charge in [-0.15, -0.1) is 0 Å². The first-order valence-electron chi connectivity index (χ1n) is 23.8. The molecule has 312 valence electrons. The molecule has 0 aliphatic heterocycles. The quantitative estimate of drug-likeness (QED) is 0.115. The summed E-state index contributed by atoms with van der Waals surface area (Å²) in [6, 6.07) is 90.5. The summed E-state index contributed by atoms with van der Waals surface area (Å²) in [6.45, 7) is 0. The van der Waals surface area contributed by atoms with Crippen molar-refractivity contribution in [3.63, 3.8) is 0 Å². The standard InChI is InChI=1S/C68H40/c1-5-17-41(18-6-1)45-25-13-15-27-49(45)51-31-32-52(50-28-16-14-26-46(50)42-19-7-2-8-20-42)66-60-40-36-56-54-34-38-58-62-48(44-23-11-4-12-24-44)30-29-47(43-21-9-3-10-22-43)61(62)57-37-33-53(63(54)67(57)58)55-35-39-59(65(51)66)68(60)64(55)56/h1-40H. The molecule has 0 spiro atoms. The summed E-state index contributed by atoms with van der Waals surface area (Å²) in [4.78, 5) is 0. The lowest BCUT2D eigenvalue weighted by molar-refractivity contribution is 1.56. The molecule has 0 nitrogen and oxygen atoms in total. The van der Waals surface area contributed by atoms with Crippen LogP contribution < -0.4 is 0 Å². The van der Waals surface area contributed by atoms with Crippen LogP contribution in [-0.4, -0.2) is 0 Å². The molecule has 15 rings (SSSR count). The van der Waals surface area contributed by atoms with Crippen LogP contribution >= 0.6 is 0 Å². The fourth-order valence-corrected chi connectivity index (χ4v) is 12.4. The Morgan fingerprint density at radius 3 is 0.691 bits per heavy atom. The van der Waals surface area contributed by atoms with Crippen molar-refractivity contribution >= 4 is 43.1 Å². The molecule has 0 atom stereocenters. The highest BCUT2D eigenvalue weighted by Gasteiger charge is 2.33. The molecule has 2 aliphatic rings. The van der Waals surface area contributed by atoms with Crippen LogP contribution in [0.3, 0.4) is 0 Å². The fraction of sp³-hybridized carbons (Fsp3) is 0. The highest BCUT2D eigenvalue weighted by molar-refractivity contribution is 6.41. The first-order chi connectivity index (χ1) is 33.8. The molecule has 0 unspecified atom stereocenters. The first kappa shape index (κ1) is 37.4. The summed E-state index contributed by atoms with van der Waals surface area (Å²) < 4.78 is 0. The average molecular weight is 857 g/mol. The van der Waals surface area contributed by atoms with E-state index in [2.05, 4.69) is 243 Å². The molecule has 2 aliphatic carbocycles. The fourth-order valence-electron chi connectivity index (χ4n) is 12.4. The molecule has 13 aromatic carbocycles. The average Bonchev–Trinajstić information content (AvgIpc) is 3.95. The number of fused-ring (bicyclic) bond motifs is 8. The Kier molecular flexibility index (Phi) is 7.88. The lowest BCUT2D eigenvalue weighted by Crippen LogP contribution is -1.93. The number of hydrogen-bond acceptors (Lipinski definition) is 0. The second-order valence-corrected chi connectivity index (χ2v) is 18.5. The predicted molar refractivity (Wildman–Crippen MR) is 289 cm³/mol. The van der Waals surface area contributed by atoms with Crippen molar-refractivity contribution in [2.75, 3.05) is 0 Å². The molecule has 0 N–H and O–H groups in total. The smallest absolute Gasteiger partial charge is 0.00134 e. The van der Waals surface area contributed by atoms with Crippen molar-refractivity contribution < 1.29 is 0 Å². The zero-order valence-corrected chi connectivity index (χ0v) is 37.1. The molecule has 0 saturated carbocycles. The zero-order chi connectivity index (χ0) is 44.5. The monoisotopic (exact) mass is 856 g/mol. The zero-order valence-electron chi connectivity index (χ0n) is 37.1. The largest absolute Gasteiger partial charge is 0.0622 e. The maximum absolute atomic E-state index is 2.45. The van der Waals surface area contributed by atoms with E-state index < -0.39 is 0 Å². The van der Waals surface area contributed by atoms with E-state index in [1.165, 1.54) is 154 Å². The SMILES string of the molecule is c1ccc(-c2ccccc2-c2ccc(-c3ccccc3-c3ccccc3)c3c2-c2ccc4c5ccc6c7c(ccc(c8ccc-3c2c48)c75)-c2c(-c3ccccc3)ccc(-c3ccccc3)c2-6)cc1. The normalized spacial score (nSPS) is 12.1. The second-order valence-electron chi connectivity index (χ2n) is 18.5. The summed E-state index contributed by atoms with van der Waals surface area (Å²) in [5.41, 5.74) is 25.5. The topological polar surface area (TPSA) is 0 Å². The van der Waals surface area contributed by atoms with E-state index >= 15 is 0 Å². The highest BCUT2D eigenvalue weighted by atomic mass is 14.4. The van der Waals surface area contributed by atoms with Crippen LogP contribution in [0.2, 0.25) is 0 Å². The van der Waals surface area contributed by atoms with Crippen LogP contribution in [0.25, 0.3) is 154 Å². The van der Waals surface area contributed by atoms with Crippen molar-refractivity contribution in [1.29, 1.82) is 0 Å². The van der Waals surface area contributed by atoms with Crippen molar-refractivity contribution in [3.05, 3.63) is 243 Å². The lowest BCUT2D eigenvalue weighted by atomic mass is 9.84. The van der Waals surface area contributed by atoms with Gasteiger partial charge < -0.3 is 0 Å². The van der Waals surface area contributed by atoms with Crippen LogP contribution in [-0.2, 0) is 0 Å². The molecule has 0 amide bonds. The van der Waals surface area contributed by atoms with Gasteiger partial charge in [-0.3, -0.25) is 0 Å². The molecule has 0 fully saturated rings. The van der Waals surface area contributed by atoms with Gasteiger partial charge in [0.1, 0.15) is 0 Å². The molecule has 0 heteroatoms. The summed E-state index contributed by atoms with van der Waals surface area (Å²) in [6.07, 6.45) is 0. The molecule has 0 bridgehead atoms. The maximum atomic E-state index is 2.45. The Bertz CT molecular complexity index is 3940. The number of benzene rings is 13. The summed E-state index contributed by atoms with van der Waals surface area (Å²) in [5, 5.41) is 10.7. The van der Waals surface area contributed by atoms with E-state index in [4.69, 9.17) is 0 Å². The minimum absolute atomic E-state index is 1.22. The van der Waals surface area contributed by atoms with Crippen LogP contribution in [0, 0.1) is 0 Å². The summed E-state index contributed by atoms with van der Waals surface area (Å²) in [5.74, 6) is 0. The molecule has 68 heavy (non-hydrogen) atoms. The number of rotatable bonds is 6. The van der Waals surface area contributed by atoms with E-state index in [0.29, 0.717) is 0 Å². The van der Waals surface area contributed by atoms with Gasteiger partial charge >= 0.3 is 0 Å². The van der Waals surface area contributed by atoms with Gasteiger partial charge in [-0.05, 0) is 154 Å². The van der Waals surface area contributed by atoms with Gasteiger partial charge in [0.15, 0.2) is 0 Å². The Morgan fingerprint density at radius 1 is 0.132 bits per heavy atom. The first-order valence-corrected chi connectivity index (χ1v) is 23.8. The molecular formula is C68H40. The third kappa shape index (κ3) is 5.15. The van der Waals surface area contributed by atoms with Crippen molar-refractivity contribution in [1.82, 2.24) is 0 Å². The van der Waals surface area contributed by atoms with E-state index in [1.54, 1.807) is 0 Å². The van der Waals surface area contributed by atoms with Gasteiger partial charge in [-0.25, -0.2) is 0 Å². The predicted octanol–water partition coefficient (Wildman–Crippen LogP) is 19.0. The van der Waals surface area contributed by atoms with Crippen LogP contribution in [0.5, 0.6) is 0 Å². The third-order valence-corrected chi connectivity index (χ3v) is 15.2. The Morgan fingerprint density at radius 2 is 0.368 bits per heavy atom. The maximum Gasteiger partial charge on any atom is -0.00134 e. The summed E-state index contributed by atoms with van der Waals surface area (Å²) in [7, 11) is 0. The van der Waals surface area contributed by atoms with E-state index in [-0.39, 0.29) is 0 Å². The molecule has 0 aromatic heterocycles. The van der Waals surface area contributed by atoms with Crippen molar-refractivity contribution in [2.45, 2.75) is 0 Å². The minimum Gasteiger partial charge on any atom is -0.0622 e. The molecule has 0 heterocycles. The Labute approximate surface area is 395 Å². The molecular weight excluding hydrogens is 817 g/mol. The van der Waals surface area contributed by atoms with Gasteiger partial charge in [-0.2, -0.15) is 0 Å². The minimum atomic E-state index is 1.22. The Hall–Kier alpha value is -8.84. The summed E-state index contributed by atoms with van der Waals surface area (Å²) >= 11 is 0. The van der Waals surface area contributed by atoms with Crippen molar-refractivity contribution in [2.24, 2.45) is 0 Å². The van der Waals surface area contributed by atoms with Gasteiger partial charge in [0.25, 0.3) is 0 Å². The van der Waals surface area contributed by atoms with Gasteiger partial charge in [0.2, 0.25) is 0 Å². The van der Waals surface area contributed by atoms with Gasteiger partial charge in [0, 0.05) is 0 Å². The third-order valence-electron chi connectivity index (χ3n) is 15.2. The van der Waals surface area contributed by atoms with E-state index in [9.17, 15) is 0 Å². The lowest BCUT2D eigenvalue weighted by Gasteiger charge is -2.19. The van der Waals surface area contributed by atoms with Crippen LogP contribution in [0.15, 0.2) is 243 Å². The van der Waals surface area contributed by atoms with Gasteiger partial charge in [0.05, 0.1) is 0 Å². The second kappa shape index (κ2) is 14.3. The Balaban J connectivity index is 1.03. The van der Waals surface area contributed by atoms with Crippen LogP contribution in [0.4, 0.5) is 0 Å². The van der Waals surface area contributed by atoms with E-state index in [0.717, 1.165) is 0 Å². The molecule has 0 radical (unpaired) electrons. The molecule has 13 aromatic rings. The van der Waals surface area contributed by atoms with Gasteiger partial charge in [-0.1, -0.05) is 243 Å². The van der Waals surface area contributed by atoms with E-state index in [1.807, 2.05) is 0 Å². The number of hydrogen-bond donors (Lipinski definition) is 0. The molecule has 0 saturated heterocycles.